The molecule has 0 aromatic heterocycles. The molecule has 0 unspecified atom stereocenters. The molecule has 0 spiro atoms. The Labute approximate surface area is 150 Å². The smallest absolute Gasteiger partial charge is 0.130 e. The normalized spacial score (nSPS) is 21.5. The maximum Gasteiger partial charge on any atom is 0.130 e. The zero-order valence-electron chi connectivity index (χ0n) is 14.9. The summed E-state index contributed by atoms with van der Waals surface area (Å²) in [4.78, 5) is 0. The van der Waals surface area contributed by atoms with Gasteiger partial charge in [-0.15, -0.1) is 0 Å². The van der Waals surface area contributed by atoms with Gasteiger partial charge in [-0.2, -0.15) is 0 Å². The van der Waals surface area contributed by atoms with Gasteiger partial charge in [0.2, 0.25) is 0 Å². The summed E-state index contributed by atoms with van der Waals surface area (Å²) in [7, 11) is 0. The Bertz CT molecular complexity index is 623. The predicted octanol–water partition coefficient (Wildman–Crippen LogP) is 4.63. The van der Waals surface area contributed by atoms with Crippen molar-refractivity contribution in [2.75, 3.05) is 6.61 Å². The second-order valence-electron chi connectivity index (χ2n) is 7.01. The number of para-hydroxylation sites is 1. The van der Waals surface area contributed by atoms with Crippen molar-refractivity contribution in [2.24, 2.45) is 5.92 Å². The van der Waals surface area contributed by atoms with E-state index in [1.807, 2.05) is 49.4 Å². The van der Waals surface area contributed by atoms with Crippen LogP contribution in [0.3, 0.4) is 0 Å². The molecule has 1 fully saturated rings. The van der Waals surface area contributed by atoms with Gasteiger partial charge in [0.15, 0.2) is 0 Å². The topological polar surface area (TPSA) is 38.7 Å². The minimum Gasteiger partial charge on any atom is -0.490 e. The third-order valence-electron chi connectivity index (χ3n) is 4.86. The molecule has 1 aliphatic carbocycles. The molecule has 0 bridgehead atoms. The standard InChI is InChI=1S/C22H28O3/c1-17(25-21-8-3-2-4-9-21)16-24-20-13-11-18(12-14-20)15-19-7-5-6-10-22(19)23/h2-4,8-9,11-14,17,19,22-23H,5-7,10,15-16H2,1H3/t17-,19+,22-/m0/s1. The first-order valence-corrected chi connectivity index (χ1v) is 9.32. The molecule has 2 aromatic rings. The van der Waals surface area contributed by atoms with Crippen LogP contribution >= 0.6 is 0 Å². The van der Waals surface area contributed by atoms with E-state index in [0.29, 0.717) is 12.5 Å². The van der Waals surface area contributed by atoms with Crippen LogP contribution in [0, 0.1) is 5.92 Å². The molecule has 3 nitrogen and oxygen atoms in total. The van der Waals surface area contributed by atoms with Crippen molar-refractivity contribution in [2.45, 2.75) is 51.2 Å². The highest BCUT2D eigenvalue weighted by atomic mass is 16.5. The number of hydrogen-bond donors (Lipinski definition) is 1. The zero-order chi connectivity index (χ0) is 17.5. The molecule has 1 saturated carbocycles. The number of hydrogen-bond acceptors (Lipinski definition) is 3. The second kappa shape index (κ2) is 8.91. The maximum atomic E-state index is 10.1. The molecular formula is C22H28O3. The van der Waals surface area contributed by atoms with Crippen molar-refractivity contribution in [3.05, 3.63) is 60.2 Å². The first-order valence-electron chi connectivity index (χ1n) is 9.32. The zero-order valence-corrected chi connectivity index (χ0v) is 14.9. The summed E-state index contributed by atoms with van der Waals surface area (Å²) in [5.74, 6) is 2.12. The van der Waals surface area contributed by atoms with E-state index >= 15 is 0 Å². The lowest BCUT2D eigenvalue weighted by atomic mass is 9.82. The van der Waals surface area contributed by atoms with E-state index in [2.05, 4.69) is 12.1 Å². The summed E-state index contributed by atoms with van der Waals surface area (Å²) >= 11 is 0. The number of aliphatic hydroxyl groups is 1. The fraction of sp³-hybridized carbons (Fsp3) is 0.455. The maximum absolute atomic E-state index is 10.1. The molecule has 2 aromatic carbocycles. The Morgan fingerprint density at radius 3 is 2.40 bits per heavy atom. The van der Waals surface area contributed by atoms with Crippen LogP contribution in [0.25, 0.3) is 0 Å². The van der Waals surface area contributed by atoms with Crippen LogP contribution in [0.1, 0.15) is 38.2 Å². The van der Waals surface area contributed by atoms with Gasteiger partial charge in [-0.1, -0.05) is 43.2 Å². The van der Waals surface area contributed by atoms with Crippen LogP contribution in [0.4, 0.5) is 0 Å². The van der Waals surface area contributed by atoms with Gasteiger partial charge < -0.3 is 14.6 Å². The van der Waals surface area contributed by atoms with Crippen LogP contribution in [0.5, 0.6) is 11.5 Å². The number of rotatable bonds is 7. The molecule has 25 heavy (non-hydrogen) atoms. The Balaban J connectivity index is 1.45. The highest BCUT2D eigenvalue weighted by Gasteiger charge is 2.22. The SMILES string of the molecule is C[C@@H](COc1ccc(C[C@H]2CCCC[C@@H]2O)cc1)Oc1ccccc1. The van der Waals surface area contributed by atoms with Gasteiger partial charge >= 0.3 is 0 Å². The third-order valence-corrected chi connectivity index (χ3v) is 4.86. The molecule has 0 radical (unpaired) electrons. The van der Waals surface area contributed by atoms with E-state index in [4.69, 9.17) is 9.47 Å². The van der Waals surface area contributed by atoms with Gasteiger partial charge in [0.1, 0.15) is 24.2 Å². The van der Waals surface area contributed by atoms with Crippen molar-refractivity contribution in [1.82, 2.24) is 0 Å². The van der Waals surface area contributed by atoms with E-state index in [-0.39, 0.29) is 12.2 Å². The van der Waals surface area contributed by atoms with Crippen molar-refractivity contribution < 1.29 is 14.6 Å². The van der Waals surface area contributed by atoms with Crippen molar-refractivity contribution in [3.63, 3.8) is 0 Å². The highest BCUT2D eigenvalue weighted by Crippen LogP contribution is 2.28. The first kappa shape index (κ1) is 17.8. The Kier molecular flexibility index (Phi) is 6.35. The molecule has 3 atom stereocenters. The second-order valence-corrected chi connectivity index (χ2v) is 7.01. The monoisotopic (exact) mass is 340 g/mol. The predicted molar refractivity (Wildman–Crippen MR) is 100 cm³/mol. The molecule has 3 rings (SSSR count). The summed E-state index contributed by atoms with van der Waals surface area (Å²) in [5.41, 5.74) is 1.27. The van der Waals surface area contributed by atoms with E-state index < -0.39 is 0 Å². The summed E-state index contributed by atoms with van der Waals surface area (Å²) < 4.78 is 11.7. The average molecular weight is 340 g/mol. The van der Waals surface area contributed by atoms with Crippen LogP contribution in [-0.4, -0.2) is 23.9 Å². The van der Waals surface area contributed by atoms with Crippen molar-refractivity contribution >= 4 is 0 Å². The fourth-order valence-corrected chi connectivity index (χ4v) is 3.43. The van der Waals surface area contributed by atoms with Gasteiger partial charge in [-0.25, -0.2) is 0 Å². The molecule has 0 amide bonds. The molecule has 0 heterocycles. The lowest BCUT2D eigenvalue weighted by Crippen LogP contribution is -2.26. The quantitative estimate of drug-likeness (QED) is 0.799. The van der Waals surface area contributed by atoms with Crippen LogP contribution in [0.15, 0.2) is 54.6 Å². The van der Waals surface area contributed by atoms with Gasteiger partial charge in [-0.3, -0.25) is 0 Å². The summed E-state index contributed by atoms with van der Waals surface area (Å²) in [6.45, 7) is 2.52. The van der Waals surface area contributed by atoms with E-state index in [1.165, 1.54) is 12.0 Å². The van der Waals surface area contributed by atoms with E-state index in [1.54, 1.807) is 0 Å². The lowest BCUT2D eigenvalue weighted by Gasteiger charge is -2.27. The Morgan fingerprint density at radius 2 is 1.68 bits per heavy atom. The minimum absolute atomic E-state index is 0.0144. The van der Waals surface area contributed by atoms with Gasteiger partial charge in [0.25, 0.3) is 0 Å². The molecule has 134 valence electrons. The minimum atomic E-state index is -0.138. The highest BCUT2D eigenvalue weighted by molar-refractivity contribution is 5.28. The first-order chi connectivity index (χ1) is 12.2. The third kappa shape index (κ3) is 5.50. The van der Waals surface area contributed by atoms with Crippen LogP contribution < -0.4 is 9.47 Å². The summed E-state index contributed by atoms with van der Waals surface area (Å²) in [5, 5.41) is 10.1. The molecule has 3 heteroatoms. The molecule has 0 saturated heterocycles. The molecule has 1 N–H and O–H groups in total. The van der Waals surface area contributed by atoms with E-state index in [0.717, 1.165) is 37.2 Å². The fourth-order valence-electron chi connectivity index (χ4n) is 3.43. The number of aliphatic hydroxyl groups excluding tert-OH is 1. The van der Waals surface area contributed by atoms with Crippen molar-refractivity contribution in [1.29, 1.82) is 0 Å². The number of benzene rings is 2. The van der Waals surface area contributed by atoms with Gasteiger partial charge in [0.05, 0.1) is 6.10 Å². The lowest BCUT2D eigenvalue weighted by molar-refractivity contribution is 0.0700. The summed E-state index contributed by atoms with van der Waals surface area (Å²) in [6.07, 6.45) is 5.28. The van der Waals surface area contributed by atoms with Gasteiger partial charge in [0, 0.05) is 0 Å². The number of ether oxygens (including phenoxy) is 2. The molecule has 1 aliphatic rings. The van der Waals surface area contributed by atoms with E-state index in [9.17, 15) is 5.11 Å². The molecule has 0 aliphatic heterocycles. The molecular weight excluding hydrogens is 312 g/mol. The van der Waals surface area contributed by atoms with Crippen LogP contribution in [-0.2, 0) is 6.42 Å². The largest absolute Gasteiger partial charge is 0.490 e. The summed E-state index contributed by atoms with van der Waals surface area (Å²) in [6, 6.07) is 18.0. The van der Waals surface area contributed by atoms with Crippen molar-refractivity contribution in [3.8, 4) is 11.5 Å². The van der Waals surface area contributed by atoms with Gasteiger partial charge in [-0.05, 0) is 61.9 Å². The Morgan fingerprint density at radius 1 is 0.960 bits per heavy atom. The average Bonchev–Trinajstić information content (AvgIpc) is 2.64. The Hall–Kier alpha value is -2.00. The van der Waals surface area contributed by atoms with Crippen LogP contribution in [0.2, 0.25) is 0 Å².